The number of aryl methyl sites for hydroxylation is 2. The molecule has 1 aromatic carbocycles. The largest absolute Gasteiger partial charge is 0.306 e. The Kier molecular flexibility index (Phi) is 3.66. The zero-order valence-electron chi connectivity index (χ0n) is 11.6. The van der Waals surface area contributed by atoms with Gasteiger partial charge in [0.25, 0.3) is 5.91 Å². The number of thiophene rings is 1. The van der Waals surface area contributed by atoms with Crippen LogP contribution in [-0.2, 0) is 0 Å². The first-order valence-corrected chi connectivity index (χ1v) is 7.67. The van der Waals surface area contributed by atoms with Crippen molar-refractivity contribution >= 4 is 44.7 Å². The Morgan fingerprint density at radius 3 is 2.71 bits per heavy atom. The fourth-order valence-electron chi connectivity index (χ4n) is 2.10. The molecule has 0 radical (unpaired) electrons. The molecule has 0 saturated heterocycles. The summed E-state index contributed by atoms with van der Waals surface area (Å²) in [6, 6.07) is 9.68. The number of carbonyl (C=O) groups is 1. The van der Waals surface area contributed by atoms with Crippen LogP contribution < -0.4 is 5.32 Å². The number of benzene rings is 1. The fourth-order valence-corrected chi connectivity index (χ4v) is 3.61. The molecule has 3 nitrogen and oxygen atoms in total. The van der Waals surface area contributed by atoms with Crippen molar-refractivity contribution in [3.63, 3.8) is 0 Å². The monoisotopic (exact) mass is 316 g/mol. The highest BCUT2D eigenvalue weighted by Gasteiger charge is 2.17. The quantitative estimate of drug-likeness (QED) is 0.736. The summed E-state index contributed by atoms with van der Waals surface area (Å²) in [5.74, 6) is 0.307. The number of pyridine rings is 1. The first-order chi connectivity index (χ1) is 10.0. The summed E-state index contributed by atoms with van der Waals surface area (Å²) in [4.78, 5) is 17.0. The highest BCUT2D eigenvalue weighted by atomic mass is 35.5. The Hall–Kier alpha value is -1.91. The van der Waals surface area contributed by atoms with Crippen LogP contribution in [0.4, 0.5) is 5.82 Å². The highest BCUT2D eigenvalue weighted by molar-refractivity contribution is 7.21. The van der Waals surface area contributed by atoms with Crippen LogP contribution in [0.25, 0.3) is 10.1 Å². The van der Waals surface area contributed by atoms with E-state index in [4.69, 9.17) is 11.6 Å². The minimum absolute atomic E-state index is 0.225. The molecular weight excluding hydrogens is 304 g/mol. The third-order valence-electron chi connectivity index (χ3n) is 3.15. The lowest BCUT2D eigenvalue weighted by molar-refractivity contribution is 0.103. The lowest BCUT2D eigenvalue weighted by Crippen LogP contribution is -2.11. The molecule has 1 amide bonds. The first-order valence-electron chi connectivity index (χ1n) is 6.47. The molecule has 0 spiro atoms. The second-order valence-electron chi connectivity index (χ2n) is 4.92. The predicted octanol–water partition coefficient (Wildman–Crippen LogP) is 4.82. The van der Waals surface area contributed by atoms with Gasteiger partial charge in [-0.2, -0.15) is 0 Å². The SMILES string of the molecule is Cc1ccnc(NC(=O)c2sc3cc(C)ccc3c2Cl)c1. The van der Waals surface area contributed by atoms with Gasteiger partial charge in [0.2, 0.25) is 0 Å². The van der Waals surface area contributed by atoms with Gasteiger partial charge in [0.1, 0.15) is 10.7 Å². The zero-order chi connectivity index (χ0) is 15.0. The molecule has 0 atom stereocenters. The number of aromatic nitrogens is 1. The van der Waals surface area contributed by atoms with Gasteiger partial charge >= 0.3 is 0 Å². The molecule has 0 aliphatic rings. The minimum atomic E-state index is -0.225. The molecule has 2 aromatic heterocycles. The average Bonchev–Trinajstić information content (AvgIpc) is 2.75. The van der Waals surface area contributed by atoms with Crippen LogP contribution in [0.5, 0.6) is 0 Å². The van der Waals surface area contributed by atoms with Crippen molar-refractivity contribution in [2.24, 2.45) is 0 Å². The van der Waals surface area contributed by atoms with Gasteiger partial charge in [-0.25, -0.2) is 4.98 Å². The number of carbonyl (C=O) groups excluding carboxylic acids is 1. The van der Waals surface area contributed by atoms with E-state index in [-0.39, 0.29) is 5.91 Å². The number of anilines is 1. The predicted molar refractivity (Wildman–Crippen MR) is 88.5 cm³/mol. The van der Waals surface area contributed by atoms with Gasteiger partial charge in [-0.3, -0.25) is 4.79 Å². The van der Waals surface area contributed by atoms with Crippen molar-refractivity contribution < 1.29 is 4.79 Å². The summed E-state index contributed by atoms with van der Waals surface area (Å²) in [6.45, 7) is 3.97. The minimum Gasteiger partial charge on any atom is -0.306 e. The van der Waals surface area contributed by atoms with Crippen molar-refractivity contribution in [3.8, 4) is 0 Å². The second-order valence-corrected chi connectivity index (χ2v) is 6.35. The van der Waals surface area contributed by atoms with Crippen molar-refractivity contribution in [2.45, 2.75) is 13.8 Å². The second kappa shape index (κ2) is 5.47. The van der Waals surface area contributed by atoms with Gasteiger partial charge in [0.15, 0.2) is 0 Å². The fraction of sp³-hybridized carbons (Fsp3) is 0.125. The van der Waals surface area contributed by atoms with Gasteiger partial charge in [0.05, 0.1) is 5.02 Å². The Bertz CT molecular complexity index is 841. The van der Waals surface area contributed by atoms with E-state index in [0.29, 0.717) is 15.7 Å². The zero-order valence-corrected chi connectivity index (χ0v) is 13.2. The maximum atomic E-state index is 12.4. The molecule has 0 fully saturated rings. The first kappa shape index (κ1) is 14.0. The molecule has 3 rings (SSSR count). The van der Waals surface area contributed by atoms with E-state index in [9.17, 15) is 4.79 Å². The summed E-state index contributed by atoms with van der Waals surface area (Å²) in [6.07, 6.45) is 1.67. The van der Waals surface area contributed by atoms with Gasteiger partial charge in [0, 0.05) is 16.3 Å². The lowest BCUT2D eigenvalue weighted by Gasteiger charge is -2.03. The standard InChI is InChI=1S/C16H13ClN2OS/c1-9-3-4-11-12(7-9)21-15(14(11)17)16(20)19-13-8-10(2)5-6-18-13/h3-8H,1-2H3,(H,18,19,20). The van der Waals surface area contributed by atoms with Crippen LogP contribution in [-0.4, -0.2) is 10.9 Å². The van der Waals surface area contributed by atoms with E-state index in [1.807, 2.05) is 44.2 Å². The summed E-state index contributed by atoms with van der Waals surface area (Å²) in [5, 5.41) is 4.20. The van der Waals surface area contributed by atoms with Crippen LogP contribution in [0.15, 0.2) is 36.5 Å². The molecule has 0 unspecified atom stereocenters. The van der Waals surface area contributed by atoms with E-state index >= 15 is 0 Å². The Balaban J connectivity index is 1.96. The Morgan fingerprint density at radius 1 is 1.19 bits per heavy atom. The van der Waals surface area contributed by atoms with Gasteiger partial charge in [-0.05, 0) is 43.2 Å². The van der Waals surface area contributed by atoms with E-state index in [0.717, 1.165) is 21.2 Å². The van der Waals surface area contributed by atoms with E-state index in [1.165, 1.54) is 11.3 Å². The number of nitrogens with one attached hydrogen (secondary N) is 1. The van der Waals surface area contributed by atoms with Crippen LogP contribution in [0, 0.1) is 13.8 Å². The maximum absolute atomic E-state index is 12.4. The molecular formula is C16H13ClN2OS. The molecule has 106 valence electrons. The number of nitrogens with zero attached hydrogens (tertiary/aromatic N) is 1. The molecule has 0 aliphatic heterocycles. The van der Waals surface area contributed by atoms with Crippen molar-refractivity contribution in [3.05, 3.63) is 57.6 Å². The molecule has 5 heteroatoms. The van der Waals surface area contributed by atoms with Gasteiger partial charge in [-0.1, -0.05) is 23.7 Å². The smallest absolute Gasteiger partial charge is 0.268 e. The molecule has 0 saturated carbocycles. The molecule has 0 aliphatic carbocycles. The Labute approximate surface area is 131 Å². The number of halogens is 1. The van der Waals surface area contributed by atoms with Crippen LogP contribution in [0.1, 0.15) is 20.8 Å². The summed E-state index contributed by atoms with van der Waals surface area (Å²) >= 11 is 7.73. The van der Waals surface area contributed by atoms with Crippen molar-refractivity contribution in [2.75, 3.05) is 5.32 Å². The van der Waals surface area contributed by atoms with Crippen LogP contribution >= 0.6 is 22.9 Å². The van der Waals surface area contributed by atoms with E-state index in [2.05, 4.69) is 10.3 Å². The van der Waals surface area contributed by atoms with Crippen molar-refractivity contribution in [1.82, 2.24) is 4.98 Å². The topological polar surface area (TPSA) is 42.0 Å². The molecule has 21 heavy (non-hydrogen) atoms. The molecule has 0 bridgehead atoms. The third kappa shape index (κ3) is 2.77. The number of rotatable bonds is 2. The van der Waals surface area contributed by atoms with Gasteiger partial charge < -0.3 is 5.32 Å². The number of hydrogen-bond donors (Lipinski definition) is 1. The van der Waals surface area contributed by atoms with Gasteiger partial charge in [-0.15, -0.1) is 11.3 Å². The average molecular weight is 317 g/mol. The van der Waals surface area contributed by atoms with E-state index in [1.54, 1.807) is 6.20 Å². The number of fused-ring (bicyclic) bond motifs is 1. The normalized spacial score (nSPS) is 10.8. The highest BCUT2D eigenvalue weighted by Crippen LogP contribution is 2.36. The number of hydrogen-bond acceptors (Lipinski definition) is 3. The van der Waals surface area contributed by atoms with Crippen molar-refractivity contribution in [1.29, 1.82) is 0 Å². The maximum Gasteiger partial charge on any atom is 0.268 e. The molecule has 3 aromatic rings. The van der Waals surface area contributed by atoms with Crippen LogP contribution in [0.2, 0.25) is 5.02 Å². The van der Waals surface area contributed by atoms with E-state index < -0.39 is 0 Å². The summed E-state index contributed by atoms with van der Waals surface area (Å²) < 4.78 is 1.02. The lowest BCUT2D eigenvalue weighted by atomic mass is 10.2. The Morgan fingerprint density at radius 2 is 1.95 bits per heavy atom. The third-order valence-corrected chi connectivity index (χ3v) is 4.80. The number of amides is 1. The summed E-state index contributed by atoms with van der Waals surface area (Å²) in [7, 11) is 0. The molecule has 2 heterocycles. The van der Waals surface area contributed by atoms with Crippen LogP contribution in [0.3, 0.4) is 0 Å². The molecule has 1 N–H and O–H groups in total. The summed E-state index contributed by atoms with van der Waals surface area (Å²) in [5.41, 5.74) is 2.19.